The summed E-state index contributed by atoms with van der Waals surface area (Å²) < 4.78 is 0.475. The molecule has 0 aliphatic heterocycles. The molecule has 2 aromatic rings. The van der Waals surface area contributed by atoms with Gasteiger partial charge in [-0.2, -0.15) is 4.98 Å². The van der Waals surface area contributed by atoms with E-state index >= 15 is 0 Å². The Kier molecular flexibility index (Phi) is 2.47. The van der Waals surface area contributed by atoms with Crippen molar-refractivity contribution in [3.05, 3.63) is 16.0 Å². The zero-order valence-electron chi connectivity index (χ0n) is 7.87. The van der Waals surface area contributed by atoms with Crippen LogP contribution in [0.4, 0.5) is 0 Å². The molecule has 0 radical (unpaired) electrons. The Morgan fingerprint density at radius 2 is 2.21 bits per heavy atom. The van der Waals surface area contributed by atoms with Crippen molar-refractivity contribution >= 4 is 23.6 Å². The maximum atomic E-state index is 4.90. The Morgan fingerprint density at radius 3 is 2.79 bits per heavy atom. The summed E-state index contributed by atoms with van der Waals surface area (Å²) in [5, 5.41) is 5.71. The lowest BCUT2D eigenvalue weighted by atomic mass is 10.1. The molecule has 0 spiro atoms. The fourth-order valence-corrected chi connectivity index (χ4v) is 2.25. The first-order valence-corrected chi connectivity index (χ1v) is 5.55. The van der Waals surface area contributed by atoms with Gasteiger partial charge in [-0.15, -0.1) is 11.3 Å². The van der Waals surface area contributed by atoms with Crippen LogP contribution in [0.3, 0.4) is 0 Å². The normalized spacial score (nSPS) is 11.1. The molecule has 2 N–H and O–H groups in total. The molecule has 74 valence electrons. The van der Waals surface area contributed by atoms with Gasteiger partial charge in [0.1, 0.15) is 0 Å². The second kappa shape index (κ2) is 3.62. The van der Waals surface area contributed by atoms with Gasteiger partial charge in [-0.1, -0.05) is 13.8 Å². The van der Waals surface area contributed by atoms with Crippen molar-refractivity contribution < 1.29 is 0 Å². The quantitative estimate of drug-likeness (QED) is 0.774. The van der Waals surface area contributed by atoms with Crippen LogP contribution in [0.5, 0.6) is 0 Å². The van der Waals surface area contributed by atoms with Crippen LogP contribution in [0.2, 0.25) is 0 Å². The molecule has 4 nitrogen and oxygen atoms in total. The van der Waals surface area contributed by atoms with Crippen LogP contribution < -0.4 is 0 Å². The molecule has 0 bridgehead atoms. The van der Waals surface area contributed by atoms with Gasteiger partial charge in [-0.3, -0.25) is 10.2 Å². The predicted molar refractivity (Wildman–Crippen MR) is 59.0 cm³/mol. The summed E-state index contributed by atoms with van der Waals surface area (Å²) in [5.74, 6) is 1.18. The smallest absolute Gasteiger partial charge is 0.213 e. The first-order valence-electron chi connectivity index (χ1n) is 4.27. The third kappa shape index (κ3) is 1.62. The van der Waals surface area contributed by atoms with Crippen LogP contribution in [0, 0.1) is 4.77 Å². The first kappa shape index (κ1) is 9.54. The molecule has 0 saturated heterocycles. The van der Waals surface area contributed by atoms with E-state index in [9.17, 15) is 0 Å². The Hall–Kier alpha value is -1.01. The number of aromatic nitrogens is 4. The third-order valence-electron chi connectivity index (χ3n) is 1.86. The predicted octanol–water partition coefficient (Wildman–Crippen LogP) is 2.71. The van der Waals surface area contributed by atoms with Gasteiger partial charge in [0.15, 0.2) is 5.82 Å². The van der Waals surface area contributed by atoms with Crippen LogP contribution in [-0.2, 0) is 0 Å². The molecule has 0 amide bonds. The lowest BCUT2D eigenvalue weighted by Gasteiger charge is -2.01. The molecule has 2 rings (SSSR count). The molecule has 0 aliphatic rings. The summed E-state index contributed by atoms with van der Waals surface area (Å²) in [6, 6.07) is 0. The molecule has 0 fully saturated rings. The zero-order valence-corrected chi connectivity index (χ0v) is 9.50. The zero-order chi connectivity index (χ0) is 10.1. The van der Waals surface area contributed by atoms with Crippen molar-refractivity contribution in [1.82, 2.24) is 20.2 Å². The summed E-state index contributed by atoms with van der Waals surface area (Å²) >= 11 is 6.48. The van der Waals surface area contributed by atoms with Crippen LogP contribution in [-0.4, -0.2) is 20.2 Å². The maximum Gasteiger partial charge on any atom is 0.213 e. The highest BCUT2D eigenvalue weighted by Gasteiger charge is 2.13. The van der Waals surface area contributed by atoms with Crippen molar-refractivity contribution in [2.24, 2.45) is 0 Å². The Bertz CT molecular complexity index is 479. The molecule has 2 aromatic heterocycles. The van der Waals surface area contributed by atoms with Crippen LogP contribution >= 0.6 is 23.6 Å². The molecule has 0 saturated carbocycles. The van der Waals surface area contributed by atoms with Gasteiger partial charge >= 0.3 is 0 Å². The average Bonchev–Trinajstić information content (AvgIpc) is 2.70. The Morgan fingerprint density at radius 1 is 1.43 bits per heavy atom. The van der Waals surface area contributed by atoms with Gasteiger partial charge in [-0.05, 0) is 18.1 Å². The number of H-pyrrole nitrogens is 2. The Labute approximate surface area is 90.4 Å². The van der Waals surface area contributed by atoms with E-state index in [1.807, 2.05) is 5.51 Å². The van der Waals surface area contributed by atoms with Gasteiger partial charge in [0.05, 0.1) is 16.1 Å². The lowest BCUT2D eigenvalue weighted by molar-refractivity contribution is 0.833. The van der Waals surface area contributed by atoms with E-state index in [1.165, 1.54) is 0 Å². The summed E-state index contributed by atoms with van der Waals surface area (Å²) in [5.41, 5.74) is 2.89. The highest BCUT2D eigenvalue weighted by Crippen LogP contribution is 2.29. The van der Waals surface area contributed by atoms with Gasteiger partial charge in [0, 0.05) is 0 Å². The van der Waals surface area contributed by atoms with E-state index in [4.69, 9.17) is 12.2 Å². The van der Waals surface area contributed by atoms with E-state index in [2.05, 4.69) is 34.0 Å². The molecule has 2 heterocycles. The van der Waals surface area contributed by atoms with Crippen molar-refractivity contribution in [2.45, 2.75) is 19.8 Å². The van der Waals surface area contributed by atoms with Gasteiger partial charge in [0.2, 0.25) is 4.77 Å². The summed E-state index contributed by atoms with van der Waals surface area (Å²) in [4.78, 5) is 9.54. The third-order valence-corrected chi connectivity index (χ3v) is 2.90. The minimum Gasteiger partial charge on any atom is -0.281 e. The minimum absolute atomic E-state index is 0.398. The fraction of sp³-hybridized carbons (Fsp3) is 0.375. The number of thiazole rings is 1. The number of hydrogen-bond donors (Lipinski definition) is 2. The van der Waals surface area contributed by atoms with Gasteiger partial charge in [-0.25, -0.2) is 4.98 Å². The maximum absolute atomic E-state index is 4.90. The molecule has 0 atom stereocenters. The van der Waals surface area contributed by atoms with E-state index < -0.39 is 0 Å². The van der Waals surface area contributed by atoms with Crippen molar-refractivity contribution in [2.75, 3.05) is 0 Å². The fourth-order valence-electron chi connectivity index (χ4n) is 1.22. The van der Waals surface area contributed by atoms with Crippen molar-refractivity contribution in [3.8, 4) is 10.7 Å². The van der Waals surface area contributed by atoms with E-state index in [0.29, 0.717) is 10.7 Å². The minimum atomic E-state index is 0.398. The molecule has 14 heavy (non-hydrogen) atoms. The average molecular weight is 226 g/mol. The molecule has 0 aliphatic carbocycles. The summed E-state index contributed by atoms with van der Waals surface area (Å²) in [6.07, 6.45) is 0. The number of nitrogens with one attached hydrogen (secondary N) is 2. The van der Waals surface area contributed by atoms with Crippen LogP contribution in [0.25, 0.3) is 10.7 Å². The van der Waals surface area contributed by atoms with Crippen LogP contribution in [0.15, 0.2) is 5.51 Å². The van der Waals surface area contributed by atoms with E-state index in [0.717, 1.165) is 16.4 Å². The van der Waals surface area contributed by atoms with Gasteiger partial charge < -0.3 is 0 Å². The number of nitrogens with zero attached hydrogens (tertiary/aromatic N) is 2. The van der Waals surface area contributed by atoms with Crippen molar-refractivity contribution in [3.63, 3.8) is 0 Å². The van der Waals surface area contributed by atoms with E-state index in [1.54, 1.807) is 11.3 Å². The second-order valence-corrected chi connectivity index (χ2v) is 4.48. The topological polar surface area (TPSA) is 57.4 Å². The number of hydrogen-bond acceptors (Lipinski definition) is 4. The highest BCUT2D eigenvalue weighted by atomic mass is 32.1. The Balaban J connectivity index is 2.51. The number of rotatable bonds is 2. The largest absolute Gasteiger partial charge is 0.281 e. The van der Waals surface area contributed by atoms with Gasteiger partial charge in [0.25, 0.3) is 0 Å². The first-order chi connectivity index (χ1) is 6.68. The van der Waals surface area contributed by atoms with E-state index in [-0.39, 0.29) is 0 Å². The lowest BCUT2D eigenvalue weighted by Crippen LogP contribution is -1.91. The molecular formula is C8H10N4S2. The summed E-state index contributed by atoms with van der Waals surface area (Å²) in [6.45, 7) is 4.22. The SMILES string of the molecule is CC(C)c1ncsc1-c1nc(=S)[nH][nH]1. The standard InChI is InChI=1S/C8H10N4S2/c1-4(2)5-6(14-3-9-5)7-10-8(13)12-11-7/h3-4H,1-2H3,(H2,10,11,12,13). The second-order valence-electron chi connectivity index (χ2n) is 3.24. The summed E-state index contributed by atoms with van der Waals surface area (Å²) in [7, 11) is 0. The number of aromatic amines is 2. The van der Waals surface area contributed by atoms with Crippen molar-refractivity contribution in [1.29, 1.82) is 0 Å². The molecular weight excluding hydrogens is 216 g/mol. The van der Waals surface area contributed by atoms with Crippen LogP contribution in [0.1, 0.15) is 25.5 Å². The monoisotopic (exact) mass is 226 g/mol. The molecule has 0 aromatic carbocycles. The molecule has 6 heteroatoms. The highest BCUT2D eigenvalue weighted by molar-refractivity contribution is 7.71. The molecule has 0 unspecified atom stereocenters.